The minimum absolute atomic E-state index is 0. The van der Waals surface area contributed by atoms with Crippen LogP contribution >= 0.6 is 56.7 Å². The van der Waals surface area contributed by atoms with Crippen molar-refractivity contribution in [1.82, 2.24) is 0 Å². The number of rotatable bonds is 6. The van der Waals surface area contributed by atoms with E-state index < -0.39 is 21.3 Å². The van der Waals surface area contributed by atoms with E-state index >= 15 is 0 Å². The maximum Gasteiger partial charge on any atom is -0.147 e. The molecular formula is C41H44Br2Cl2Zr. The van der Waals surface area contributed by atoms with Gasteiger partial charge in [0.2, 0.25) is 0 Å². The minimum atomic E-state index is -2.58. The van der Waals surface area contributed by atoms with Gasteiger partial charge in [-0.25, -0.2) is 0 Å². The van der Waals surface area contributed by atoms with E-state index in [1.807, 2.05) is 0 Å². The molecule has 0 unspecified atom stereocenters. The maximum atomic E-state index is 3.67. The Labute approximate surface area is 313 Å². The second kappa shape index (κ2) is 15.0. The molecule has 0 aliphatic heterocycles. The number of hydrogen-bond acceptors (Lipinski definition) is 0. The van der Waals surface area contributed by atoms with Crippen LogP contribution in [0.2, 0.25) is 0 Å². The van der Waals surface area contributed by atoms with Crippen LogP contribution in [0.4, 0.5) is 0 Å². The number of allylic oxidation sites excluding steroid dienone is 4. The summed E-state index contributed by atoms with van der Waals surface area (Å²) >= 11 is 4.75. The number of halogens is 4. The third-order valence-corrected chi connectivity index (χ3v) is 17.7. The smallest absolute Gasteiger partial charge is 0.147 e. The van der Waals surface area contributed by atoms with Crippen molar-refractivity contribution >= 4 is 63.2 Å². The third-order valence-electron chi connectivity index (χ3n) is 9.13. The first-order chi connectivity index (χ1) is 20.9. The van der Waals surface area contributed by atoms with Crippen LogP contribution < -0.4 is 3.27 Å². The predicted octanol–water partition coefficient (Wildman–Crippen LogP) is 12.0. The van der Waals surface area contributed by atoms with Crippen LogP contribution in [0, 0.1) is 0 Å². The second-order valence-electron chi connectivity index (χ2n) is 14.5. The van der Waals surface area contributed by atoms with E-state index in [0.29, 0.717) is 0 Å². The Hall–Kier alpha value is -1.35. The van der Waals surface area contributed by atoms with Gasteiger partial charge < -0.3 is 0 Å². The van der Waals surface area contributed by atoms with E-state index in [0.717, 1.165) is 34.6 Å². The van der Waals surface area contributed by atoms with E-state index in [-0.39, 0.29) is 35.6 Å². The van der Waals surface area contributed by atoms with Gasteiger partial charge in [0.25, 0.3) is 0 Å². The van der Waals surface area contributed by atoms with Crippen LogP contribution in [0.25, 0.3) is 11.1 Å². The maximum absolute atomic E-state index is 3.67. The number of benzene rings is 4. The van der Waals surface area contributed by atoms with E-state index in [9.17, 15) is 0 Å². The van der Waals surface area contributed by atoms with Gasteiger partial charge >= 0.3 is 291 Å². The zero-order valence-corrected chi connectivity index (χ0v) is 34.9. The average molecular weight is 859 g/mol. The van der Waals surface area contributed by atoms with Crippen LogP contribution in [0.1, 0.15) is 81.3 Å². The molecule has 0 heterocycles. The van der Waals surface area contributed by atoms with Crippen molar-refractivity contribution in [3.05, 3.63) is 143 Å². The molecule has 0 fully saturated rings. The van der Waals surface area contributed by atoms with E-state index in [4.69, 9.17) is 0 Å². The summed E-state index contributed by atoms with van der Waals surface area (Å²) in [5, 5.41) is 0. The second-order valence-corrected chi connectivity index (χ2v) is 22.8. The zero-order chi connectivity index (χ0) is 31.2. The van der Waals surface area contributed by atoms with Crippen LogP contribution in [-0.4, -0.2) is 3.21 Å². The summed E-state index contributed by atoms with van der Waals surface area (Å²) in [6.07, 6.45) is 11.4. The Morgan fingerprint density at radius 2 is 1.22 bits per heavy atom. The fourth-order valence-corrected chi connectivity index (χ4v) is 15.3. The van der Waals surface area contributed by atoms with Gasteiger partial charge in [-0.15, -0.1) is 24.8 Å². The molecule has 0 bridgehead atoms. The van der Waals surface area contributed by atoms with Crippen molar-refractivity contribution < 1.29 is 21.3 Å². The average Bonchev–Trinajstić information content (AvgIpc) is 3.63. The monoisotopic (exact) mass is 854 g/mol. The minimum Gasteiger partial charge on any atom is -0.147 e. The van der Waals surface area contributed by atoms with Gasteiger partial charge in [-0.2, -0.15) is 0 Å². The molecule has 0 saturated heterocycles. The first kappa shape index (κ1) is 37.5. The molecule has 0 spiro atoms. The number of hydrogen-bond donors (Lipinski definition) is 0. The topological polar surface area (TPSA) is 0 Å². The molecular weight excluding hydrogens is 814 g/mol. The molecule has 0 N–H and O–H groups in total. The fourth-order valence-electron chi connectivity index (χ4n) is 6.56. The Bertz CT molecular complexity index is 1770. The van der Waals surface area contributed by atoms with Crippen LogP contribution in [0.3, 0.4) is 0 Å². The molecule has 4 aromatic rings. The van der Waals surface area contributed by atoms with Crippen LogP contribution in [0.15, 0.2) is 109 Å². The van der Waals surface area contributed by atoms with Gasteiger partial charge in [0.1, 0.15) is 0 Å². The Morgan fingerprint density at radius 1 is 0.674 bits per heavy atom. The summed E-state index contributed by atoms with van der Waals surface area (Å²) in [7, 11) is 0. The molecule has 2 aliphatic rings. The summed E-state index contributed by atoms with van der Waals surface area (Å²) in [5.41, 5.74) is 11.9. The van der Waals surface area contributed by atoms with E-state index in [2.05, 4.69) is 170 Å². The van der Waals surface area contributed by atoms with Crippen molar-refractivity contribution in [3.63, 3.8) is 0 Å². The zero-order valence-electron chi connectivity index (χ0n) is 27.6. The first-order valence-electron chi connectivity index (χ1n) is 15.8. The van der Waals surface area contributed by atoms with Gasteiger partial charge in [-0.1, -0.05) is 0 Å². The van der Waals surface area contributed by atoms with Crippen molar-refractivity contribution in [3.8, 4) is 11.1 Å². The summed E-state index contributed by atoms with van der Waals surface area (Å²) in [6.45, 7) is 14.1. The van der Waals surface area contributed by atoms with Gasteiger partial charge in [0.15, 0.2) is 0 Å². The molecule has 0 saturated carbocycles. The van der Waals surface area contributed by atoms with Crippen LogP contribution in [0.5, 0.6) is 0 Å². The van der Waals surface area contributed by atoms with E-state index in [1.165, 1.54) is 38.9 Å². The van der Waals surface area contributed by atoms with Crippen molar-refractivity contribution in [2.75, 3.05) is 0 Å². The molecule has 0 nitrogen and oxygen atoms in total. The molecule has 0 amide bonds. The molecule has 2 aliphatic carbocycles. The van der Waals surface area contributed by atoms with Gasteiger partial charge in [-0.05, 0) is 0 Å². The van der Waals surface area contributed by atoms with Gasteiger partial charge in [0, 0.05) is 0 Å². The Kier molecular flexibility index (Phi) is 12.3. The Morgan fingerprint density at radius 3 is 1.72 bits per heavy atom. The Balaban J connectivity index is 0.00000240. The number of fused-ring (bicyclic) bond motifs is 3. The first-order valence-corrected chi connectivity index (χ1v) is 21.0. The molecule has 0 aromatic heterocycles. The van der Waals surface area contributed by atoms with Crippen molar-refractivity contribution in [2.24, 2.45) is 0 Å². The molecule has 0 atom stereocenters. The molecule has 240 valence electrons. The quantitative estimate of drug-likeness (QED) is 0.160. The molecule has 4 aromatic carbocycles. The summed E-state index contributed by atoms with van der Waals surface area (Å²) in [4.78, 5) is 0. The van der Waals surface area contributed by atoms with Gasteiger partial charge in [0.05, 0.1) is 0 Å². The third kappa shape index (κ3) is 8.26. The fraction of sp³-hybridized carbons (Fsp3) is 0.293. The summed E-state index contributed by atoms with van der Waals surface area (Å²) in [5.74, 6) is 0. The predicted molar refractivity (Wildman–Crippen MR) is 209 cm³/mol. The largest absolute Gasteiger partial charge is 0.147 e. The SMILES string of the molecule is CC(C)(C)c1ccc2c(c1)-c1cc(C(C)(C)C)c[c]([Zr]([C]3=CC=CC3)=[C](Cc3ccc(Br)cc3)Cc3ccc(Br)cc3)c1C2.Cl.Cl. The summed E-state index contributed by atoms with van der Waals surface area (Å²) in [6, 6.07) is 30.6. The molecule has 5 heteroatoms. The van der Waals surface area contributed by atoms with Gasteiger partial charge in [-0.3, -0.25) is 0 Å². The molecule has 0 radical (unpaired) electrons. The van der Waals surface area contributed by atoms with Crippen molar-refractivity contribution in [1.29, 1.82) is 0 Å². The molecule has 46 heavy (non-hydrogen) atoms. The normalized spacial score (nSPS) is 13.3. The summed E-state index contributed by atoms with van der Waals surface area (Å²) < 4.78 is 7.44. The van der Waals surface area contributed by atoms with E-state index in [1.54, 1.807) is 15.3 Å². The van der Waals surface area contributed by atoms with Crippen molar-refractivity contribution in [2.45, 2.75) is 78.1 Å². The standard InChI is InChI=1S/C21H25.C15H12Br2.C5H5.2ClH.Zr/c1-20(2,3)16-9-7-14-11-15-8-10-17(21(4,5)6)13-19(15)18(14)12-16;16-14-8-4-12(5-9-14)2-1-3-13-6-10-15(17)11-7-13;1-2-4-5-3-1;;;/h7,9-10,12-13H,11H2,1-6H3;4-11H,2-3H2;1-3H,4H2;2*1H;. The van der Waals surface area contributed by atoms with Crippen LogP contribution in [-0.2, 0) is 51.4 Å². The molecule has 6 rings (SSSR count).